The summed E-state index contributed by atoms with van der Waals surface area (Å²) in [4.78, 5) is -1.99. The Labute approximate surface area is 403 Å². The van der Waals surface area contributed by atoms with Crippen LogP contribution in [-0.4, -0.2) is 70.8 Å². The number of nitrogens with one attached hydrogen (secondary N) is 1. The summed E-state index contributed by atoms with van der Waals surface area (Å²) < 4.78 is 135. The molecule has 0 aliphatic carbocycles. The zero-order valence-electron chi connectivity index (χ0n) is 34.6. The third kappa shape index (κ3) is 13.0. The van der Waals surface area contributed by atoms with Gasteiger partial charge in [-0.1, -0.05) is 10.1 Å². The third-order valence-electron chi connectivity index (χ3n) is 8.99. The van der Waals surface area contributed by atoms with E-state index in [9.17, 15) is 47.9 Å². The first-order chi connectivity index (χ1) is 33.0. The number of aromatic hydroxyl groups is 1. The largest absolute Gasteiger partial charge is 0.505 e. The number of nitrogens with zero attached hydrogens (tertiary/aromatic N) is 6. The van der Waals surface area contributed by atoms with Crippen molar-refractivity contribution in [2.75, 3.05) is 34.3 Å². The molecule has 6 rings (SSSR count). The number of hydrogen-bond acceptors (Lipinski definition) is 27. The van der Waals surface area contributed by atoms with E-state index in [1.54, 1.807) is 0 Å². The Morgan fingerprint density at radius 1 is 0.600 bits per heavy atom. The molecule has 0 saturated heterocycles. The maximum absolute atomic E-state index is 13.2. The normalized spacial score (nSPS) is 12.7. The second-order valence-electron chi connectivity index (χ2n) is 13.5. The molecule has 0 bridgehead atoms. The smallest absolute Gasteiger partial charge is 0.296 e. The van der Waals surface area contributed by atoms with Crippen LogP contribution < -0.4 is 21.9 Å². The lowest BCUT2D eigenvalue weighted by Gasteiger charge is -2.14. The quantitative estimate of drug-likeness (QED) is 0.00626. The molecule has 12 N–H and O–H groups in total. The van der Waals surface area contributed by atoms with Crippen molar-refractivity contribution < 1.29 is 81.3 Å². The number of rotatable bonds is 21. The summed E-state index contributed by atoms with van der Waals surface area (Å²) in [6, 6.07) is 19.1. The summed E-state index contributed by atoms with van der Waals surface area (Å²) in [5.41, 5.74) is 16.2. The van der Waals surface area contributed by atoms with E-state index in [-0.39, 0.29) is 95.6 Å². The lowest BCUT2D eigenvalue weighted by Crippen LogP contribution is -2.12. The molecule has 370 valence electrons. The Morgan fingerprint density at radius 3 is 1.71 bits per heavy atom. The zero-order valence-corrected chi connectivity index (χ0v) is 39.5. The van der Waals surface area contributed by atoms with E-state index in [1.165, 1.54) is 78.9 Å². The first-order valence-electron chi connectivity index (χ1n) is 18.5. The molecule has 0 aliphatic heterocycles. The minimum absolute atomic E-state index is 0.00633. The van der Waals surface area contributed by atoms with Gasteiger partial charge < -0.3 is 22.3 Å². The molecule has 0 fully saturated rings. The van der Waals surface area contributed by atoms with E-state index >= 15 is 0 Å². The predicted octanol–water partition coefficient (Wildman–Crippen LogP) is 8.04. The van der Waals surface area contributed by atoms with E-state index in [4.69, 9.17) is 31.9 Å². The van der Waals surface area contributed by atoms with Crippen LogP contribution in [0.3, 0.4) is 0 Å². The number of benzene rings is 6. The second-order valence-corrected chi connectivity index (χ2v) is 21.3. The Hall–Kier alpha value is -6.48. The molecule has 70 heavy (non-hydrogen) atoms. The molecule has 0 radical (unpaired) electrons. The molecule has 6 aromatic carbocycles. The number of fused-ring (bicyclic) bond motifs is 1. The highest BCUT2D eigenvalue weighted by Crippen LogP contribution is 2.49. The van der Waals surface area contributed by atoms with Gasteiger partial charge in [0.15, 0.2) is 27.9 Å². The fraction of sp³-hybridized carbons (Fsp3) is 0.0556. The molecule has 0 unspecified atom stereocenters. The van der Waals surface area contributed by atoms with Crippen molar-refractivity contribution in [2.45, 2.75) is 24.5 Å². The maximum Gasteiger partial charge on any atom is 0.296 e. The number of phenolic OH excluding ortho intramolecular Hbond substituents is 1. The molecule has 28 nitrogen and oxygen atoms in total. The molecular weight excluding hydrogens is 1050 g/mol. The Morgan fingerprint density at radius 2 is 1.14 bits per heavy atom. The van der Waals surface area contributed by atoms with Crippen LogP contribution in [0.25, 0.3) is 10.8 Å². The van der Waals surface area contributed by atoms with Crippen molar-refractivity contribution in [1.29, 1.82) is 0 Å². The molecule has 0 spiro atoms. The molecule has 0 aromatic heterocycles. The second kappa shape index (κ2) is 22.1. The SMILES string of the molecule is Nc1cc(N)c(S(=O)(=O)O)cc1N=Nc1ccc(S(=O)(=O)Nc2ccc(N=Nc3c(S(=O)(=O)O)cc4cc(SOOO)c(N=Nc5ccc(S(=O)(=O)CCOSOOO)cc5)c(N)c4c3O)cc2)cc1. The number of nitrogen functional groups attached to an aromatic ring is 3. The predicted molar refractivity (Wildman–Crippen MR) is 249 cm³/mol. The average molecular weight is 1090 g/mol. The number of azo groups is 3. The number of hydrogen-bond donors (Lipinski definition) is 9. The third-order valence-corrected chi connectivity index (χ3v) is 14.9. The van der Waals surface area contributed by atoms with Crippen molar-refractivity contribution in [3.63, 3.8) is 0 Å². The van der Waals surface area contributed by atoms with Gasteiger partial charge in [0.1, 0.15) is 26.9 Å². The van der Waals surface area contributed by atoms with Gasteiger partial charge in [0.05, 0.1) is 78.6 Å². The Kier molecular flexibility index (Phi) is 16.7. The first kappa shape index (κ1) is 52.9. The standard InChI is InChI=1S/C36H32N10O18S6/c37-26-17-27(38)30(69(54,55)56)18-28(26)43-40-21-7-11-25(12-8-21)68(52,53)46-23-3-1-20(2-4-23)42-45-35-31(70(57,58)59)16-19-15-29(65-63-61-48)34(33(39)32(19)36(35)47)44-41-22-5-9-24(10-6-22)67(50,51)14-13-60-66-64-62-49/h1-12,15-18,46-49H,13-14,37-39H2,(H,54,55,56)(H,57,58,59). The molecular formula is C36H32N10O18S6. The fourth-order valence-corrected chi connectivity index (χ4v) is 10.1. The lowest BCUT2D eigenvalue weighted by atomic mass is 10.1. The lowest BCUT2D eigenvalue weighted by molar-refractivity contribution is -0.434. The van der Waals surface area contributed by atoms with E-state index in [1.807, 2.05) is 0 Å². The highest BCUT2D eigenvalue weighted by Gasteiger charge is 2.26. The van der Waals surface area contributed by atoms with Crippen LogP contribution in [0.1, 0.15) is 0 Å². The van der Waals surface area contributed by atoms with Gasteiger partial charge in [0, 0.05) is 5.69 Å². The van der Waals surface area contributed by atoms with Crippen LogP contribution in [0.15, 0.2) is 152 Å². The maximum atomic E-state index is 13.2. The Balaban J connectivity index is 1.23. The van der Waals surface area contributed by atoms with E-state index in [2.05, 4.69) is 54.2 Å². The number of phenols is 1. The van der Waals surface area contributed by atoms with Gasteiger partial charge in [-0.05, 0) is 102 Å². The van der Waals surface area contributed by atoms with Crippen LogP contribution in [-0.2, 0) is 63.0 Å². The Bertz CT molecular complexity index is 3480. The van der Waals surface area contributed by atoms with Gasteiger partial charge in [-0.25, -0.2) is 27.4 Å². The highest BCUT2D eigenvalue weighted by atomic mass is 32.2. The molecule has 0 heterocycles. The summed E-state index contributed by atoms with van der Waals surface area (Å²) in [6.45, 7) is -0.334. The van der Waals surface area contributed by atoms with Crippen molar-refractivity contribution in [3.8, 4) is 5.75 Å². The summed E-state index contributed by atoms with van der Waals surface area (Å²) in [6.07, 6.45) is 0. The van der Waals surface area contributed by atoms with E-state index in [0.29, 0.717) is 12.0 Å². The van der Waals surface area contributed by atoms with Gasteiger partial charge >= 0.3 is 0 Å². The van der Waals surface area contributed by atoms with Gasteiger partial charge in [-0.15, -0.1) is 24.0 Å². The molecule has 0 atom stereocenters. The van der Waals surface area contributed by atoms with Gasteiger partial charge in [-0.3, -0.25) is 18.0 Å². The van der Waals surface area contributed by atoms with Gasteiger partial charge in [0.25, 0.3) is 30.3 Å². The summed E-state index contributed by atoms with van der Waals surface area (Å²) >= 11 is 0.530. The number of anilines is 4. The average Bonchev–Trinajstić information content (AvgIpc) is 3.29. The van der Waals surface area contributed by atoms with Crippen LogP contribution in [0.5, 0.6) is 5.75 Å². The molecule has 34 heteroatoms. The molecule has 0 saturated carbocycles. The monoisotopic (exact) mass is 1080 g/mol. The van der Waals surface area contributed by atoms with Crippen LogP contribution in [0.4, 0.5) is 56.9 Å². The zero-order chi connectivity index (χ0) is 51.0. The molecule has 0 aliphatic rings. The van der Waals surface area contributed by atoms with Crippen molar-refractivity contribution in [1.82, 2.24) is 0 Å². The summed E-state index contributed by atoms with van der Waals surface area (Å²) in [7, 11) is -17.9. The topological polar surface area (TPSA) is 448 Å². The number of sulfone groups is 1. The summed E-state index contributed by atoms with van der Waals surface area (Å²) in [5.74, 6) is -1.39. The highest BCUT2D eigenvalue weighted by molar-refractivity contribution is 7.94. The van der Waals surface area contributed by atoms with Crippen molar-refractivity contribution in [3.05, 3.63) is 97.1 Å². The first-order valence-corrected chi connectivity index (χ1v) is 25.9. The van der Waals surface area contributed by atoms with Crippen LogP contribution >= 0.6 is 24.4 Å². The van der Waals surface area contributed by atoms with E-state index < -0.39 is 67.1 Å². The molecule has 0 amide bonds. The number of nitrogens with two attached hydrogens (primary N) is 3. The van der Waals surface area contributed by atoms with Gasteiger partial charge in [-0.2, -0.15) is 32.2 Å². The van der Waals surface area contributed by atoms with E-state index in [0.717, 1.165) is 18.2 Å². The minimum Gasteiger partial charge on any atom is -0.505 e. The fourth-order valence-electron chi connectivity index (χ4n) is 5.81. The van der Waals surface area contributed by atoms with Crippen molar-refractivity contribution in [2.24, 2.45) is 30.7 Å². The van der Waals surface area contributed by atoms with Gasteiger partial charge in [0.2, 0.25) is 0 Å². The van der Waals surface area contributed by atoms with Crippen LogP contribution in [0.2, 0.25) is 0 Å². The van der Waals surface area contributed by atoms with Crippen molar-refractivity contribution >= 4 is 132 Å². The summed E-state index contributed by atoms with van der Waals surface area (Å²) in [5, 5.41) is 58.8. The minimum atomic E-state index is -5.15. The number of sulfonamides is 1. The van der Waals surface area contributed by atoms with Crippen LogP contribution in [0, 0.1) is 0 Å². The molecule has 6 aromatic rings.